The molecule has 3 heteroatoms. The van der Waals surface area contributed by atoms with Crippen molar-refractivity contribution in [1.29, 1.82) is 0 Å². The van der Waals surface area contributed by atoms with Crippen LogP contribution in [0.2, 0.25) is 0 Å². The second kappa shape index (κ2) is 6.16. The third-order valence-electron chi connectivity index (χ3n) is 2.46. The highest BCUT2D eigenvalue weighted by molar-refractivity contribution is 5.76. The highest BCUT2D eigenvalue weighted by Gasteiger charge is 2.12. The molecule has 0 aliphatic carbocycles. The number of ether oxygens (including phenoxy) is 1. The van der Waals surface area contributed by atoms with Crippen LogP contribution in [-0.4, -0.2) is 13.0 Å². The fraction of sp³-hybridized carbons (Fsp3) is 0.462. The molecular formula is C13H19NO2. The van der Waals surface area contributed by atoms with Crippen molar-refractivity contribution >= 4 is 5.91 Å². The van der Waals surface area contributed by atoms with Gasteiger partial charge in [-0.05, 0) is 19.4 Å². The topological polar surface area (TPSA) is 38.3 Å². The molecule has 1 amide bonds. The summed E-state index contributed by atoms with van der Waals surface area (Å²) >= 11 is 0. The van der Waals surface area contributed by atoms with Crippen molar-refractivity contribution in [2.75, 3.05) is 7.11 Å². The Bertz CT molecular complexity index is 350. The molecule has 0 bridgehead atoms. The summed E-state index contributed by atoms with van der Waals surface area (Å²) in [6, 6.07) is 7.71. The van der Waals surface area contributed by atoms with Gasteiger partial charge in [0, 0.05) is 12.0 Å². The number of hydrogen-bond acceptors (Lipinski definition) is 2. The van der Waals surface area contributed by atoms with Crippen LogP contribution in [0.5, 0.6) is 5.75 Å². The van der Waals surface area contributed by atoms with Gasteiger partial charge in [-0.1, -0.05) is 25.1 Å². The van der Waals surface area contributed by atoms with Gasteiger partial charge in [-0.15, -0.1) is 0 Å². The first-order valence-corrected chi connectivity index (χ1v) is 5.61. The third kappa shape index (κ3) is 3.26. The Morgan fingerprint density at radius 3 is 2.75 bits per heavy atom. The Morgan fingerprint density at radius 2 is 2.12 bits per heavy atom. The Balaban J connectivity index is 2.72. The smallest absolute Gasteiger partial charge is 0.220 e. The van der Waals surface area contributed by atoms with Crippen molar-refractivity contribution in [1.82, 2.24) is 5.32 Å². The maximum absolute atomic E-state index is 11.5. The van der Waals surface area contributed by atoms with Crippen LogP contribution in [0.3, 0.4) is 0 Å². The molecule has 0 heterocycles. The molecule has 16 heavy (non-hydrogen) atoms. The highest BCUT2D eigenvalue weighted by atomic mass is 16.5. The van der Waals surface area contributed by atoms with E-state index in [1.807, 2.05) is 38.1 Å². The molecule has 0 saturated heterocycles. The predicted molar refractivity (Wildman–Crippen MR) is 64.5 cm³/mol. The maximum Gasteiger partial charge on any atom is 0.220 e. The molecule has 0 aliphatic heterocycles. The van der Waals surface area contributed by atoms with Gasteiger partial charge in [0.25, 0.3) is 0 Å². The van der Waals surface area contributed by atoms with E-state index in [0.717, 1.165) is 17.7 Å². The predicted octanol–water partition coefficient (Wildman–Crippen LogP) is 2.67. The Hall–Kier alpha value is -1.51. The van der Waals surface area contributed by atoms with E-state index in [9.17, 15) is 4.79 Å². The summed E-state index contributed by atoms with van der Waals surface area (Å²) in [5, 5.41) is 2.95. The van der Waals surface area contributed by atoms with Gasteiger partial charge in [-0.2, -0.15) is 0 Å². The van der Waals surface area contributed by atoms with Gasteiger partial charge in [0.1, 0.15) is 5.75 Å². The standard InChI is InChI=1S/C13H19NO2/c1-4-7-13(15)14-10(2)11-8-5-6-9-12(11)16-3/h5-6,8-10H,4,7H2,1-3H3,(H,14,15)/t10-/m0/s1. The third-order valence-corrected chi connectivity index (χ3v) is 2.46. The molecule has 0 saturated carbocycles. The Kier molecular flexibility index (Phi) is 4.83. The molecule has 1 atom stereocenters. The summed E-state index contributed by atoms with van der Waals surface area (Å²) in [4.78, 5) is 11.5. The van der Waals surface area contributed by atoms with Crippen LogP contribution in [0, 0.1) is 0 Å². The molecule has 1 aromatic rings. The van der Waals surface area contributed by atoms with Gasteiger partial charge in [0.15, 0.2) is 0 Å². The minimum absolute atomic E-state index is 0.0183. The van der Waals surface area contributed by atoms with E-state index >= 15 is 0 Å². The number of carbonyl (C=O) groups excluding carboxylic acids is 1. The van der Waals surface area contributed by atoms with Gasteiger partial charge in [-0.3, -0.25) is 4.79 Å². The maximum atomic E-state index is 11.5. The molecular weight excluding hydrogens is 202 g/mol. The largest absolute Gasteiger partial charge is 0.496 e. The normalized spacial score (nSPS) is 11.9. The lowest BCUT2D eigenvalue weighted by atomic mass is 10.1. The van der Waals surface area contributed by atoms with Crippen molar-refractivity contribution in [3.05, 3.63) is 29.8 Å². The number of amides is 1. The van der Waals surface area contributed by atoms with Crippen molar-refractivity contribution in [3.63, 3.8) is 0 Å². The molecule has 0 unspecified atom stereocenters. The minimum atomic E-state index is -0.0183. The van der Waals surface area contributed by atoms with Gasteiger partial charge >= 0.3 is 0 Å². The van der Waals surface area contributed by atoms with E-state index in [-0.39, 0.29) is 11.9 Å². The minimum Gasteiger partial charge on any atom is -0.496 e. The first-order valence-electron chi connectivity index (χ1n) is 5.61. The summed E-state index contributed by atoms with van der Waals surface area (Å²) in [7, 11) is 1.64. The second-order valence-electron chi connectivity index (χ2n) is 3.78. The van der Waals surface area contributed by atoms with E-state index in [4.69, 9.17) is 4.74 Å². The molecule has 1 N–H and O–H groups in total. The van der Waals surface area contributed by atoms with Crippen LogP contribution in [0.15, 0.2) is 24.3 Å². The molecule has 88 valence electrons. The van der Waals surface area contributed by atoms with Crippen LogP contribution in [-0.2, 0) is 4.79 Å². The van der Waals surface area contributed by atoms with E-state index in [0.29, 0.717) is 6.42 Å². The summed E-state index contributed by atoms with van der Waals surface area (Å²) in [5.41, 5.74) is 1.01. The average molecular weight is 221 g/mol. The summed E-state index contributed by atoms with van der Waals surface area (Å²) in [6.07, 6.45) is 1.43. The zero-order valence-electron chi connectivity index (χ0n) is 10.1. The monoisotopic (exact) mass is 221 g/mol. The number of methoxy groups -OCH3 is 1. The molecule has 0 spiro atoms. The van der Waals surface area contributed by atoms with Crippen molar-refractivity contribution in [2.24, 2.45) is 0 Å². The molecule has 0 aliphatic rings. The van der Waals surface area contributed by atoms with Crippen molar-refractivity contribution < 1.29 is 9.53 Å². The van der Waals surface area contributed by atoms with Gasteiger partial charge in [0.05, 0.1) is 13.2 Å². The quantitative estimate of drug-likeness (QED) is 0.830. The number of para-hydroxylation sites is 1. The lowest BCUT2D eigenvalue weighted by molar-refractivity contribution is -0.121. The van der Waals surface area contributed by atoms with E-state index in [1.165, 1.54) is 0 Å². The molecule has 1 rings (SSSR count). The lowest BCUT2D eigenvalue weighted by Gasteiger charge is -2.16. The Labute approximate surface area is 96.8 Å². The first kappa shape index (κ1) is 12.6. The zero-order chi connectivity index (χ0) is 12.0. The van der Waals surface area contributed by atoms with E-state index < -0.39 is 0 Å². The molecule has 3 nitrogen and oxygen atoms in total. The highest BCUT2D eigenvalue weighted by Crippen LogP contribution is 2.24. The zero-order valence-corrected chi connectivity index (χ0v) is 10.1. The number of carbonyl (C=O) groups is 1. The van der Waals surface area contributed by atoms with E-state index in [1.54, 1.807) is 7.11 Å². The first-order chi connectivity index (χ1) is 7.69. The van der Waals surface area contributed by atoms with Crippen LogP contribution in [0.25, 0.3) is 0 Å². The van der Waals surface area contributed by atoms with Gasteiger partial charge in [-0.25, -0.2) is 0 Å². The van der Waals surface area contributed by atoms with Crippen LogP contribution < -0.4 is 10.1 Å². The second-order valence-corrected chi connectivity index (χ2v) is 3.78. The van der Waals surface area contributed by atoms with Gasteiger partial charge < -0.3 is 10.1 Å². The summed E-state index contributed by atoms with van der Waals surface area (Å²) < 4.78 is 5.26. The van der Waals surface area contributed by atoms with Crippen molar-refractivity contribution in [3.8, 4) is 5.75 Å². The van der Waals surface area contributed by atoms with Gasteiger partial charge in [0.2, 0.25) is 5.91 Å². The lowest BCUT2D eigenvalue weighted by Crippen LogP contribution is -2.26. The summed E-state index contributed by atoms with van der Waals surface area (Å²) in [5.74, 6) is 0.896. The SMILES string of the molecule is CCCC(=O)N[C@@H](C)c1ccccc1OC. The Morgan fingerprint density at radius 1 is 1.44 bits per heavy atom. The molecule has 0 radical (unpaired) electrons. The number of hydrogen-bond donors (Lipinski definition) is 1. The fourth-order valence-electron chi connectivity index (χ4n) is 1.64. The summed E-state index contributed by atoms with van der Waals surface area (Å²) in [6.45, 7) is 3.96. The van der Waals surface area contributed by atoms with Crippen LogP contribution in [0.1, 0.15) is 38.3 Å². The number of rotatable bonds is 5. The number of benzene rings is 1. The van der Waals surface area contributed by atoms with Crippen LogP contribution in [0.4, 0.5) is 0 Å². The van der Waals surface area contributed by atoms with Crippen molar-refractivity contribution in [2.45, 2.75) is 32.7 Å². The van der Waals surface area contributed by atoms with E-state index in [2.05, 4.69) is 5.32 Å². The molecule has 1 aromatic carbocycles. The molecule has 0 aromatic heterocycles. The fourth-order valence-corrected chi connectivity index (χ4v) is 1.64. The average Bonchev–Trinajstić information content (AvgIpc) is 2.29. The van der Waals surface area contributed by atoms with Crippen LogP contribution >= 0.6 is 0 Å². The number of nitrogens with one attached hydrogen (secondary N) is 1. The molecule has 0 fully saturated rings.